The van der Waals surface area contributed by atoms with E-state index in [0.29, 0.717) is 18.7 Å². The highest BCUT2D eigenvalue weighted by Gasteiger charge is 2.49. The molecule has 0 bridgehead atoms. The Labute approximate surface area is 191 Å². The number of carbonyl (C=O) groups excluding carboxylic acids is 4. The minimum Gasteiger partial charge on any atom is -0.324 e. The average Bonchev–Trinajstić information content (AvgIpc) is 3.49. The molecular formula is C25H26N4O4. The number of hydrogen-bond acceptors (Lipinski definition) is 4. The van der Waals surface area contributed by atoms with Gasteiger partial charge < -0.3 is 15.5 Å². The third-order valence-electron chi connectivity index (χ3n) is 6.77. The normalized spacial score (nSPS) is 22.0. The van der Waals surface area contributed by atoms with Crippen LogP contribution >= 0.6 is 0 Å². The lowest BCUT2D eigenvalue weighted by atomic mass is 9.89. The smallest absolute Gasteiger partial charge is 0.324 e. The fourth-order valence-corrected chi connectivity index (χ4v) is 4.94. The molecule has 8 nitrogen and oxygen atoms in total. The lowest BCUT2D eigenvalue weighted by Gasteiger charge is -2.23. The first-order valence-corrected chi connectivity index (χ1v) is 11.3. The summed E-state index contributed by atoms with van der Waals surface area (Å²) in [6, 6.07) is 12.3. The lowest BCUT2D eigenvalue weighted by Crippen LogP contribution is -2.42. The van der Waals surface area contributed by atoms with Gasteiger partial charge in [-0.3, -0.25) is 19.3 Å². The summed E-state index contributed by atoms with van der Waals surface area (Å²) >= 11 is 0. The summed E-state index contributed by atoms with van der Waals surface area (Å²) in [6.45, 7) is 1.94. The van der Waals surface area contributed by atoms with E-state index in [4.69, 9.17) is 0 Å². The van der Waals surface area contributed by atoms with Gasteiger partial charge in [0.05, 0.1) is 0 Å². The highest BCUT2D eigenvalue weighted by atomic mass is 16.2. The number of rotatable bonds is 5. The van der Waals surface area contributed by atoms with Gasteiger partial charge in [-0.05, 0) is 67.5 Å². The van der Waals surface area contributed by atoms with Crippen molar-refractivity contribution in [3.8, 4) is 0 Å². The number of fused-ring (bicyclic) bond motifs is 1. The van der Waals surface area contributed by atoms with Crippen LogP contribution in [0.4, 0.5) is 16.2 Å². The molecule has 2 fully saturated rings. The predicted molar refractivity (Wildman–Crippen MR) is 123 cm³/mol. The predicted octanol–water partition coefficient (Wildman–Crippen LogP) is 2.71. The Kier molecular flexibility index (Phi) is 5.15. The molecule has 2 aliphatic heterocycles. The third-order valence-corrected chi connectivity index (χ3v) is 6.77. The second kappa shape index (κ2) is 8.03. The van der Waals surface area contributed by atoms with Crippen LogP contribution in [0.15, 0.2) is 42.5 Å². The second-order valence-corrected chi connectivity index (χ2v) is 9.03. The van der Waals surface area contributed by atoms with Crippen LogP contribution in [0.3, 0.4) is 0 Å². The molecule has 2 N–H and O–H groups in total. The number of amides is 5. The van der Waals surface area contributed by atoms with Crippen LogP contribution in [0.2, 0.25) is 0 Å². The van der Waals surface area contributed by atoms with Crippen molar-refractivity contribution in [1.82, 2.24) is 10.2 Å². The van der Waals surface area contributed by atoms with Gasteiger partial charge in [-0.25, -0.2) is 4.79 Å². The number of nitrogens with one attached hydrogen (secondary N) is 2. The van der Waals surface area contributed by atoms with E-state index in [9.17, 15) is 19.2 Å². The van der Waals surface area contributed by atoms with Gasteiger partial charge in [0.1, 0.15) is 12.1 Å². The van der Waals surface area contributed by atoms with Crippen LogP contribution in [0.25, 0.3) is 0 Å². The maximum atomic E-state index is 13.2. The Balaban J connectivity index is 1.29. The van der Waals surface area contributed by atoms with Crippen LogP contribution in [0.1, 0.15) is 42.9 Å². The van der Waals surface area contributed by atoms with Gasteiger partial charge in [-0.2, -0.15) is 0 Å². The molecule has 0 spiro atoms. The largest absolute Gasteiger partial charge is 0.325 e. The van der Waals surface area contributed by atoms with Crippen molar-refractivity contribution >= 4 is 35.1 Å². The molecule has 0 saturated carbocycles. The summed E-state index contributed by atoms with van der Waals surface area (Å²) in [4.78, 5) is 53.2. The third kappa shape index (κ3) is 3.75. The van der Waals surface area contributed by atoms with E-state index in [1.165, 1.54) is 11.1 Å². The molecule has 8 heteroatoms. The summed E-state index contributed by atoms with van der Waals surface area (Å²) in [5.74, 6) is -0.873. The zero-order valence-electron chi connectivity index (χ0n) is 18.5. The number of aryl methyl sites for hydroxylation is 2. The fourth-order valence-electron chi connectivity index (χ4n) is 4.94. The van der Waals surface area contributed by atoms with Gasteiger partial charge in [0.2, 0.25) is 11.8 Å². The number of imide groups is 1. The van der Waals surface area contributed by atoms with E-state index in [1.807, 2.05) is 24.3 Å². The highest BCUT2D eigenvalue weighted by molar-refractivity contribution is 6.10. The molecule has 0 unspecified atom stereocenters. The second-order valence-electron chi connectivity index (χ2n) is 9.03. The first-order valence-electron chi connectivity index (χ1n) is 11.3. The summed E-state index contributed by atoms with van der Waals surface area (Å²) < 4.78 is 0. The number of anilines is 2. The molecule has 2 aromatic rings. The van der Waals surface area contributed by atoms with Gasteiger partial charge in [0.25, 0.3) is 5.91 Å². The number of hydrogen-bond donors (Lipinski definition) is 2. The van der Waals surface area contributed by atoms with Crippen molar-refractivity contribution in [3.63, 3.8) is 0 Å². The average molecular weight is 447 g/mol. The number of carbonyl (C=O) groups is 4. The zero-order valence-corrected chi connectivity index (χ0v) is 18.5. The summed E-state index contributed by atoms with van der Waals surface area (Å²) in [7, 11) is 0. The SMILES string of the molecule is C[C@]1(c2ccc3c(c2)CCC3)NC(=O)N(CC(=O)Nc2cccc(N3CCCC3=O)c2)C1=O. The van der Waals surface area contributed by atoms with Crippen LogP contribution in [-0.2, 0) is 32.8 Å². The Morgan fingerprint density at radius 3 is 2.64 bits per heavy atom. The molecule has 2 heterocycles. The number of urea groups is 1. The lowest BCUT2D eigenvalue weighted by molar-refractivity contribution is -0.133. The van der Waals surface area contributed by atoms with E-state index in [-0.39, 0.29) is 5.91 Å². The highest BCUT2D eigenvalue weighted by Crippen LogP contribution is 2.32. The zero-order chi connectivity index (χ0) is 23.2. The monoisotopic (exact) mass is 446 g/mol. The van der Waals surface area contributed by atoms with Gasteiger partial charge in [0, 0.05) is 24.3 Å². The minimum atomic E-state index is -1.20. The van der Waals surface area contributed by atoms with Gasteiger partial charge in [-0.1, -0.05) is 24.3 Å². The summed E-state index contributed by atoms with van der Waals surface area (Å²) in [6.07, 6.45) is 4.42. The topological polar surface area (TPSA) is 98.8 Å². The van der Waals surface area contributed by atoms with Gasteiger partial charge in [0.15, 0.2) is 0 Å². The molecule has 0 radical (unpaired) electrons. The van der Waals surface area contributed by atoms with Crippen LogP contribution in [0, 0.1) is 0 Å². The molecule has 3 aliphatic rings. The minimum absolute atomic E-state index is 0.0589. The van der Waals surface area contributed by atoms with E-state index >= 15 is 0 Å². The van der Waals surface area contributed by atoms with Crippen LogP contribution in [-0.4, -0.2) is 41.7 Å². The van der Waals surface area contributed by atoms with Crippen molar-refractivity contribution in [3.05, 3.63) is 59.2 Å². The molecule has 33 heavy (non-hydrogen) atoms. The Morgan fingerprint density at radius 1 is 1.03 bits per heavy atom. The first-order chi connectivity index (χ1) is 15.8. The molecule has 1 aliphatic carbocycles. The molecule has 1 atom stereocenters. The van der Waals surface area contributed by atoms with Crippen LogP contribution < -0.4 is 15.5 Å². The number of benzene rings is 2. The van der Waals surface area contributed by atoms with E-state index in [1.54, 1.807) is 30.0 Å². The Morgan fingerprint density at radius 2 is 1.85 bits per heavy atom. The summed E-state index contributed by atoms with van der Waals surface area (Å²) in [5.41, 5.74) is 3.24. The molecule has 170 valence electrons. The van der Waals surface area contributed by atoms with Gasteiger partial charge in [-0.15, -0.1) is 0 Å². The molecule has 0 aromatic heterocycles. The number of nitrogens with zero attached hydrogens (tertiary/aromatic N) is 2. The molecule has 2 saturated heterocycles. The van der Waals surface area contributed by atoms with E-state index in [2.05, 4.69) is 10.6 Å². The molecular weight excluding hydrogens is 420 g/mol. The maximum absolute atomic E-state index is 13.2. The standard InChI is InChI=1S/C25H26N4O4/c1-25(18-11-10-16-5-2-6-17(16)13-18)23(32)29(24(33)27-25)15-21(30)26-19-7-3-8-20(14-19)28-12-4-9-22(28)31/h3,7-8,10-11,13-14H,2,4-6,9,12,15H2,1H3,(H,26,30)(H,27,33)/t25-/m1/s1. The quantitative estimate of drug-likeness (QED) is 0.690. The summed E-state index contributed by atoms with van der Waals surface area (Å²) in [5, 5.41) is 5.51. The van der Waals surface area contributed by atoms with Gasteiger partial charge >= 0.3 is 6.03 Å². The van der Waals surface area contributed by atoms with Crippen molar-refractivity contribution in [2.75, 3.05) is 23.3 Å². The fraction of sp³-hybridized carbons (Fsp3) is 0.360. The van der Waals surface area contributed by atoms with Crippen molar-refractivity contribution in [1.29, 1.82) is 0 Å². The maximum Gasteiger partial charge on any atom is 0.325 e. The molecule has 5 rings (SSSR count). The van der Waals surface area contributed by atoms with Crippen molar-refractivity contribution in [2.45, 2.75) is 44.6 Å². The Hall–Kier alpha value is -3.68. The molecule has 5 amide bonds. The van der Waals surface area contributed by atoms with Crippen molar-refractivity contribution in [2.24, 2.45) is 0 Å². The van der Waals surface area contributed by atoms with E-state index < -0.39 is 29.9 Å². The van der Waals surface area contributed by atoms with E-state index in [0.717, 1.165) is 41.8 Å². The van der Waals surface area contributed by atoms with Crippen molar-refractivity contribution < 1.29 is 19.2 Å². The molecule has 2 aromatic carbocycles. The Bertz CT molecular complexity index is 1180. The first kappa shape index (κ1) is 21.2. The van der Waals surface area contributed by atoms with Crippen LogP contribution in [0.5, 0.6) is 0 Å².